The first-order valence-electron chi connectivity index (χ1n) is 6.46. The van der Waals surface area contributed by atoms with Gasteiger partial charge in [0.15, 0.2) is 0 Å². The summed E-state index contributed by atoms with van der Waals surface area (Å²) in [6, 6.07) is 3.90. The normalized spacial score (nSPS) is 11.9. The van der Waals surface area contributed by atoms with E-state index in [9.17, 15) is 4.79 Å². The summed E-state index contributed by atoms with van der Waals surface area (Å²) >= 11 is 3.44. The second-order valence-corrected chi connectivity index (χ2v) is 6.36. The average Bonchev–Trinajstić information content (AvgIpc) is 2.77. The van der Waals surface area contributed by atoms with Gasteiger partial charge < -0.3 is 14.8 Å². The summed E-state index contributed by atoms with van der Waals surface area (Å²) in [5.74, 6) is -0.766. The van der Waals surface area contributed by atoms with Gasteiger partial charge in [0.2, 0.25) is 0 Å². The van der Waals surface area contributed by atoms with Gasteiger partial charge in [-0.15, -0.1) is 0 Å². The molecule has 0 amide bonds. The number of nitrogens with zero attached hydrogens (tertiary/aromatic N) is 2. The largest absolute Gasteiger partial charge is 0.481 e. The summed E-state index contributed by atoms with van der Waals surface area (Å²) < 4.78 is 3.01. The third kappa shape index (κ3) is 3.37. The van der Waals surface area contributed by atoms with Crippen LogP contribution in [-0.2, 0) is 11.3 Å². The number of imidazole rings is 1. The molecule has 0 spiro atoms. The van der Waals surface area contributed by atoms with Crippen molar-refractivity contribution in [2.24, 2.45) is 5.41 Å². The van der Waals surface area contributed by atoms with Crippen LogP contribution in [-0.4, -0.2) is 27.0 Å². The fourth-order valence-electron chi connectivity index (χ4n) is 1.86. The Bertz CT molecular complexity index is 622. The number of carboxylic acids is 1. The number of carbonyl (C=O) groups is 1. The minimum Gasteiger partial charge on any atom is -0.481 e. The van der Waals surface area contributed by atoms with Gasteiger partial charge in [-0.1, -0.05) is 0 Å². The summed E-state index contributed by atoms with van der Waals surface area (Å²) in [7, 11) is 0. The molecule has 0 fully saturated rings. The highest BCUT2D eigenvalue weighted by Gasteiger charge is 2.26. The lowest BCUT2D eigenvalue weighted by molar-refractivity contribution is -0.147. The summed E-state index contributed by atoms with van der Waals surface area (Å²) in [5.41, 5.74) is 1.25. The van der Waals surface area contributed by atoms with E-state index in [0.29, 0.717) is 19.5 Å². The van der Waals surface area contributed by atoms with E-state index in [1.54, 1.807) is 13.8 Å². The van der Waals surface area contributed by atoms with Crippen LogP contribution in [0.15, 0.2) is 29.0 Å². The predicted molar refractivity (Wildman–Crippen MR) is 80.6 cm³/mol. The Balaban J connectivity index is 1.94. The minimum atomic E-state index is -0.766. The third-order valence-corrected chi connectivity index (χ3v) is 3.83. The summed E-state index contributed by atoms with van der Waals surface area (Å²) in [6.07, 6.45) is 4.39. The molecule has 2 heterocycles. The number of halogens is 1. The lowest BCUT2D eigenvalue weighted by Gasteiger charge is -2.18. The zero-order valence-electron chi connectivity index (χ0n) is 11.6. The molecule has 2 N–H and O–H groups in total. The van der Waals surface area contributed by atoms with Gasteiger partial charge in [0.1, 0.15) is 5.65 Å². The molecule has 2 rings (SSSR count). The van der Waals surface area contributed by atoms with Gasteiger partial charge in [-0.25, -0.2) is 4.98 Å². The van der Waals surface area contributed by atoms with Crippen LogP contribution in [0.3, 0.4) is 0 Å². The topological polar surface area (TPSA) is 66.6 Å². The molecule has 2 aromatic rings. The Labute approximate surface area is 126 Å². The van der Waals surface area contributed by atoms with Crippen molar-refractivity contribution in [3.05, 3.63) is 34.7 Å². The molecule has 0 saturated heterocycles. The Morgan fingerprint density at radius 2 is 2.25 bits per heavy atom. The lowest BCUT2D eigenvalue weighted by atomic mass is 9.90. The second-order valence-electron chi connectivity index (χ2n) is 5.44. The van der Waals surface area contributed by atoms with Crippen molar-refractivity contribution in [1.29, 1.82) is 0 Å². The van der Waals surface area contributed by atoms with Crippen molar-refractivity contribution in [3.8, 4) is 0 Å². The maximum Gasteiger partial charge on any atom is 0.309 e. The van der Waals surface area contributed by atoms with Crippen LogP contribution in [0, 0.1) is 5.41 Å². The molecule has 108 valence electrons. The van der Waals surface area contributed by atoms with E-state index >= 15 is 0 Å². The van der Waals surface area contributed by atoms with Crippen LogP contribution in [0.4, 0.5) is 0 Å². The molecular weight excluding hydrogens is 322 g/mol. The average molecular weight is 340 g/mol. The quantitative estimate of drug-likeness (QED) is 0.794. The van der Waals surface area contributed by atoms with Crippen molar-refractivity contribution in [3.63, 3.8) is 0 Å². The standard InChI is InChI=1S/C14H18BrN3O2/c1-14(2,13(19)20)5-6-16-7-11-8-17-12-4-3-10(15)9-18(11)12/h3-4,8-9,16H,5-7H2,1-2H3,(H,19,20). The Kier molecular flexibility index (Phi) is 4.45. The van der Waals surface area contributed by atoms with Gasteiger partial charge in [0.25, 0.3) is 0 Å². The number of aromatic nitrogens is 2. The molecule has 0 aliphatic heterocycles. The molecule has 5 nitrogen and oxygen atoms in total. The van der Waals surface area contributed by atoms with Gasteiger partial charge in [0, 0.05) is 17.2 Å². The highest BCUT2D eigenvalue weighted by atomic mass is 79.9. The van der Waals surface area contributed by atoms with Crippen molar-refractivity contribution < 1.29 is 9.90 Å². The fraction of sp³-hybridized carbons (Fsp3) is 0.429. The maximum atomic E-state index is 11.0. The van der Waals surface area contributed by atoms with Crippen LogP contribution in [0.2, 0.25) is 0 Å². The zero-order chi connectivity index (χ0) is 14.8. The minimum absolute atomic E-state index is 0.586. The molecule has 6 heteroatoms. The maximum absolute atomic E-state index is 11.0. The molecule has 20 heavy (non-hydrogen) atoms. The molecule has 0 unspecified atom stereocenters. The second kappa shape index (κ2) is 5.93. The van der Waals surface area contributed by atoms with E-state index in [4.69, 9.17) is 5.11 Å². The van der Waals surface area contributed by atoms with E-state index in [-0.39, 0.29) is 0 Å². The first kappa shape index (κ1) is 15.0. The number of aliphatic carboxylic acids is 1. The zero-order valence-corrected chi connectivity index (χ0v) is 13.1. The number of fused-ring (bicyclic) bond motifs is 1. The van der Waals surface area contributed by atoms with Crippen molar-refractivity contribution in [2.75, 3.05) is 6.54 Å². The van der Waals surface area contributed by atoms with Crippen molar-refractivity contribution in [1.82, 2.24) is 14.7 Å². The highest BCUT2D eigenvalue weighted by Crippen LogP contribution is 2.19. The van der Waals surface area contributed by atoms with E-state index in [2.05, 4.69) is 26.2 Å². The molecule has 2 aromatic heterocycles. The first-order valence-corrected chi connectivity index (χ1v) is 7.25. The number of rotatable bonds is 6. The number of pyridine rings is 1. The Hall–Kier alpha value is -1.40. The molecule has 0 aromatic carbocycles. The van der Waals surface area contributed by atoms with Crippen LogP contribution >= 0.6 is 15.9 Å². The van der Waals surface area contributed by atoms with Crippen LogP contribution < -0.4 is 5.32 Å². The predicted octanol–water partition coefficient (Wildman–Crippen LogP) is 2.69. The number of hydrogen-bond acceptors (Lipinski definition) is 3. The smallest absolute Gasteiger partial charge is 0.309 e. The number of nitrogens with one attached hydrogen (secondary N) is 1. The number of carboxylic acid groups (broad SMARTS) is 1. The monoisotopic (exact) mass is 339 g/mol. The molecule has 0 bridgehead atoms. The van der Waals surface area contributed by atoms with Gasteiger partial charge in [-0.05, 0) is 54.9 Å². The first-order chi connectivity index (χ1) is 9.40. The Morgan fingerprint density at radius 3 is 2.95 bits per heavy atom. The molecule has 0 aliphatic rings. The summed E-state index contributed by atoms with van der Waals surface area (Å²) in [6.45, 7) is 4.79. The number of hydrogen-bond donors (Lipinski definition) is 2. The van der Waals surface area contributed by atoms with E-state index in [0.717, 1.165) is 15.8 Å². The third-order valence-electron chi connectivity index (χ3n) is 3.36. The van der Waals surface area contributed by atoms with E-state index in [1.807, 2.05) is 28.9 Å². The molecule has 0 radical (unpaired) electrons. The molecule has 0 atom stereocenters. The van der Waals surface area contributed by atoms with Crippen LogP contribution in [0.1, 0.15) is 26.0 Å². The highest BCUT2D eigenvalue weighted by molar-refractivity contribution is 9.10. The van der Waals surface area contributed by atoms with Crippen molar-refractivity contribution >= 4 is 27.5 Å². The van der Waals surface area contributed by atoms with E-state index in [1.165, 1.54) is 0 Å². The molecule has 0 saturated carbocycles. The summed E-state index contributed by atoms with van der Waals surface area (Å²) in [4.78, 5) is 15.3. The fourth-order valence-corrected chi connectivity index (χ4v) is 2.20. The van der Waals surface area contributed by atoms with Crippen molar-refractivity contribution in [2.45, 2.75) is 26.8 Å². The van der Waals surface area contributed by atoms with Gasteiger partial charge >= 0.3 is 5.97 Å². The van der Waals surface area contributed by atoms with Crippen LogP contribution in [0.25, 0.3) is 5.65 Å². The summed E-state index contributed by atoms with van der Waals surface area (Å²) in [5, 5.41) is 12.3. The molecule has 0 aliphatic carbocycles. The molecular formula is C14H18BrN3O2. The van der Waals surface area contributed by atoms with Gasteiger partial charge in [-0.2, -0.15) is 0 Å². The lowest BCUT2D eigenvalue weighted by Crippen LogP contribution is -2.29. The Morgan fingerprint density at radius 1 is 1.50 bits per heavy atom. The van der Waals surface area contributed by atoms with Gasteiger partial charge in [-0.3, -0.25) is 4.79 Å². The van der Waals surface area contributed by atoms with E-state index < -0.39 is 11.4 Å². The van der Waals surface area contributed by atoms with Gasteiger partial charge in [0.05, 0.1) is 17.3 Å². The van der Waals surface area contributed by atoms with Crippen LogP contribution in [0.5, 0.6) is 0 Å². The SMILES string of the molecule is CC(C)(CCNCc1cnc2ccc(Br)cn12)C(=O)O.